The van der Waals surface area contributed by atoms with Crippen molar-refractivity contribution in [2.24, 2.45) is 0 Å². The number of ether oxygens (including phenoxy) is 1. The first-order valence-corrected chi connectivity index (χ1v) is 7.28. The Morgan fingerprint density at radius 1 is 1.48 bits per heavy atom. The normalized spacial score (nSPS) is 13.7. The van der Waals surface area contributed by atoms with E-state index in [4.69, 9.17) is 9.15 Å². The SMILES string of the molecule is COc1ccnc(N(C)C(=O)c2coc3c2C(=O)NCCC3)c1. The van der Waals surface area contributed by atoms with Gasteiger partial charge in [0.2, 0.25) is 0 Å². The molecule has 7 nitrogen and oxygen atoms in total. The molecule has 23 heavy (non-hydrogen) atoms. The highest BCUT2D eigenvalue weighted by Gasteiger charge is 2.29. The molecule has 0 fully saturated rings. The molecule has 0 spiro atoms. The number of rotatable bonds is 3. The van der Waals surface area contributed by atoms with Gasteiger partial charge in [0, 0.05) is 32.3 Å². The van der Waals surface area contributed by atoms with E-state index >= 15 is 0 Å². The van der Waals surface area contributed by atoms with Crippen LogP contribution in [0, 0.1) is 0 Å². The highest BCUT2D eigenvalue weighted by molar-refractivity contribution is 6.13. The lowest BCUT2D eigenvalue weighted by molar-refractivity contribution is 0.0937. The van der Waals surface area contributed by atoms with Gasteiger partial charge < -0.3 is 14.5 Å². The molecule has 2 aromatic heterocycles. The zero-order valence-electron chi connectivity index (χ0n) is 13.0. The Morgan fingerprint density at radius 2 is 2.30 bits per heavy atom. The van der Waals surface area contributed by atoms with E-state index in [9.17, 15) is 9.59 Å². The Labute approximate surface area is 133 Å². The molecule has 1 aliphatic heterocycles. The minimum absolute atomic E-state index is 0.242. The molecule has 7 heteroatoms. The molecule has 0 atom stereocenters. The van der Waals surface area contributed by atoms with Crippen molar-refractivity contribution < 1.29 is 18.7 Å². The van der Waals surface area contributed by atoms with Gasteiger partial charge in [0.1, 0.15) is 23.6 Å². The van der Waals surface area contributed by atoms with E-state index < -0.39 is 0 Å². The Bertz CT molecular complexity index is 754. The van der Waals surface area contributed by atoms with Crippen molar-refractivity contribution in [2.45, 2.75) is 12.8 Å². The number of furan rings is 1. The van der Waals surface area contributed by atoms with Gasteiger partial charge in [0.25, 0.3) is 11.8 Å². The second-order valence-corrected chi connectivity index (χ2v) is 5.23. The van der Waals surface area contributed by atoms with Crippen molar-refractivity contribution in [1.29, 1.82) is 0 Å². The number of hydrogen-bond donors (Lipinski definition) is 1. The Morgan fingerprint density at radius 3 is 3.09 bits per heavy atom. The second kappa shape index (κ2) is 6.12. The maximum atomic E-state index is 12.7. The minimum atomic E-state index is -0.354. The van der Waals surface area contributed by atoms with Crippen LogP contribution in [0.15, 0.2) is 29.0 Å². The molecule has 0 bridgehead atoms. The van der Waals surface area contributed by atoms with Crippen LogP contribution in [0.25, 0.3) is 0 Å². The van der Waals surface area contributed by atoms with Crippen LogP contribution in [0.1, 0.15) is 32.9 Å². The maximum Gasteiger partial charge on any atom is 0.263 e. The molecule has 3 rings (SSSR count). The molecular formula is C16H17N3O4. The summed E-state index contributed by atoms with van der Waals surface area (Å²) in [7, 11) is 3.14. The van der Waals surface area contributed by atoms with Gasteiger partial charge in [-0.3, -0.25) is 14.5 Å². The number of pyridine rings is 1. The lowest BCUT2D eigenvalue weighted by Crippen LogP contribution is -2.30. The molecule has 2 amide bonds. The van der Waals surface area contributed by atoms with Crippen molar-refractivity contribution in [3.05, 3.63) is 41.5 Å². The molecule has 0 radical (unpaired) electrons. The first-order valence-electron chi connectivity index (χ1n) is 7.28. The van der Waals surface area contributed by atoms with Crippen molar-refractivity contribution in [3.63, 3.8) is 0 Å². The number of aryl methyl sites for hydroxylation is 1. The van der Waals surface area contributed by atoms with Crippen LogP contribution < -0.4 is 15.0 Å². The van der Waals surface area contributed by atoms with Crippen molar-refractivity contribution in [3.8, 4) is 5.75 Å². The average Bonchev–Trinajstić information content (AvgIpc) is 2.92. The molecule has 1 aliphatic rings. The number of amides is 2. The van der Waals surface area contributed by atoms with E-state index in [0.29, 0.717) is 35.9 Å². The first kappa shape index (κ1) is 15.1. The molecule has 0 aliphatic carbocycles. The van der Waals surface area contributed by atoms with Crippen LogP contribution >= 0.6 is 0 Å². The molecule has 0 aromatic carbocycles. The van der Waals surface area contributed by atoms with E-state index in [-0.39, 0.29) is 17.4 Å². The predicted octanol–water partition coefficient (Wildman–Crippen LogP) is 1.64. The van der Waals surface area contributed by atoms with Gasteiger partial charge in [-0.15, -0.1) is 0 Å². The van der Waals surface area contributed by atoms with Gasteiger partial charge >= 0.3 is 0 Å². The largest absolute Gasteiger partial charge is 0.497 e. The van der Waals surface area contributed by atoms with E-state index in [2.05, 4.69) is 10.3 Å². The van der Waals surface area contributed by atoms with Crippen LogP contribution in [0.3, 0.4) is 0 Å². The van der Waals surface area contributed by atoms with Crippen LogP contribution in [0.2, 0.25) is 0 Å². The summed E-state index contributed by atoms with van der Waals surface area (Å²) in [5.74, 6) is 0.946. The molecule has 0 unspecified atom stereocenters. The fraction of sp³-hybridized carbons (Fsp3) is 0.312. The summed E-state index contributed by atoms with van der Waals surface area (Å²) in [6.07, 6.45) is 4.31. The Balaban J connectivity index is 1.94. The number of anilines is 1. The number of carbonyl (C=O) groups is 2. The lowest BCUT2D eigenvalue weighted by Gasteiger charge is -2.16. The number of nitrogens with one attached hydrogen (secondary N) is 1. The van der Waals surface area contributed by atoms with Gasteiger partial charge in [0.15, 0.2) is 0 Å². The zero-order chi connectivity index (χ0) is 16.4. The van der Waals surface area contributed by atoms with Gasteiger partial charge in [0.05, 0.1) is 18.2 Å². The van der Waals surface area contributed by atoms with E-state index in [0.717, 1.165) is 6.42 Å². The fourth-order valence-corrected chi connectivity index (χ4v) is 2.52. The molecule has 0 saturated carbocycles. The van der Waals surface area contributed by atoms with Crippen molar-refractivity contribution in [2.75, 3.05) is 25.6 Å². The molecule has 1 N–H and O–H groups in total. The summed E-state index contributed by atoms with van der Waals surface area (Å²) in [5, 5.41) is 2.77. The van der Waals surface area contributed by atoms with Gasteiger partial charge in [-0.25, -0.2) is 4.98 Å². The quantitative estimate of drug-likeness (QED) is 0.930. The highest BCUT2D eigenvalue weighted by atomic mass is 16.5. The van der Waals surface area contributed by atoms with Crippen LogP contribution in [0.4, 0.5) is 5.82 Å². The third kappa shape index (κ3) is 2.77. The molecule has 3 heterocycles. The minimum Gasteiger partial charge on any atom is -0.497 e. The molecule has 120 valence electrons. The lowest BCUT2D eigenvalue weighted by atomic mass is 10.1. The van der Waals surface area contributed by atoms with Gasteiger partial charge in [-0.1, -0.05) is 0 Å². The summed E-state index contributed by atoms with van der Waals surface area (Å²) in [6, 6.07) is 3.34. The predicted molar refractivity (Wildman–Crippen MR) is 82.9 cm³/mol. The van der Waals surface area contributed by atoms with E-state index in [1.165, 1.54) is 11.2 Å². The monoisotopic (exact) mass is 315 g/mol. The van der Waals surface area contributed by atoms with E-state index in [1.54, 1.807) is 32.5 Å². The first-order chi connectivity index (χ1) is 11.1. The summed E-state index contributed by atoms with van der Waals surface area (Å²) in [5.41, 5.74) is 0.564. The summed E-state index contributed by atoms with van der Waals surface area (Å²) < 4.78 is 10.6. The topological polar surface area (TPSA) is 84.7 Å². The number of fused-ring (bicyclic) bond motifs is 1. The summed E-state index contributed by atoms with van der Waals surface area (Å²) >= 11 is 0. The van der Waals surface area contributed by atoms with E-state index in [1.807, 2.05) is 0 Å². The Kier molecular flexibility index (Phi) is 4.01. The molecule has 2 aromatic rings. The number of hydrogen-bond acceptors (Lipinski definition) is 5. The Hall–Kier alpha value is -2.83. The average molecular weight is 315 g/mol. The van der Waals surface area contributed by atoms with Crippen LogP contribution in [0.5, 0.6) is 5.75 Å². The second-order valence-electron chi connectivity index (χ2n) is 5.23. The number of methoxy groups -OCH3 is 1. The van der Waals surface area contributed by atoms with Crippen LogP contribution in [-0.4, -0.2) is 37.5 Å². The maximum absolute atomic E-state index is 12.7. The van der Waals surface area contributed by atoms with Crippen molar-refractivity contribution in [1.82, 2.24) is 10.3 Å². The zero-order valence-corrected chi connectivity index (χ0v) is 13.0. The van der Waals surface area contributed by atoms with Crippen molar-refractivity contribution >= 4 is 17.6 Å². The molecular weight excluding hydrogens is 298 g/mol. The fourth-order valence-electron chi connectivity index (χ4n) is 2.52. The summed E-state index contributed by atoms with van der Waals surface area (Å²) in [6.45, 7) is 0.573. The standard InChI is InChI=1S/C16H17N3O4/c1-19(13-8-10(22-2)5-7-17-13)16(21)11-9-23-12-4-3-6-18-15(20)14(11)12/h5,7-9H,3-4,6H2,1-2H3,(H,18,20). The highest BCUT2D eigenvalue weighted by Crippen LogP contribution is 2.24. The summed E-state index contributed by atoms with van der Waals surface area (Å²) in [4.78, 5) is 30.4. The smallest absolute Gasteiger partial charge is 0.263 e. The van der Waals surface area contributed by atoms with Gasteiger partial charge in [-0.05, 0) is 12.5 Å². The van der Waals surface area contributed by atoms with Gasteiger partial charge in [-0.2, -0.15) is 0 Å². The number of aromatic nitrogens is 1. The molecule has 0 saturated heterocycles. The number of nitrogens with zero attached hydrogens (tertiary/aromatic N) is 2. The third-order valence-corrected chi connectivity index (χ3v) is 3.79. The third-order valence-electron chi connectivity index (χ3n) is 3.79. The number of carbonyl (C=O) groups excluding carboxylic acids is 2. The van der Waals surface area contributed by atoms with Crippen LogP contribution in [-0.2, 0) is 6.42 Å².